The lowest BCUT2D eigenvalue weighted by Crippen LogP contribution is -2.14. The number of rotatable bonds is 4. The Kier molecular flexibility index (Phi) is 4.62. The lowest BCUT2D eigenvalue weighted by Gasteiger charge is -2.19. The van der Waals surface area contributed by atoms with Gasteiger partial charge in [-0.25, -0.2) is 8.42 Å². The number of sulfonamides is 1. The van der Waals surface area contributed by atoms with Crippen molar-refractivity contribution in [2.45, 2.75) is 31.1 Å². The van der Waals surface area contributed by atoms with Gasteiger partial charge in [-0.2, -0.15) is 0 Å². The Bertz CT molecular complexity index is 941. The van der Waals surface area contributed by atoms with Crippen LogP contribution in [-0.2, 0) is 15.4 Å². The van der Waals surface area contributed by atoms with E-state index in [1.165, 1.54) is 11.5 Å². The van der Waals surface area contributed by atoms with Crippen molar-refractivity contribution >= 4 is 27.2 Å². The minimum absolute atomic E-state index is 0.0168. The Labute approximate surface area is 152 Å². The van der Waals surface area contributed by atoms with Crippen LogP contribution < -0.4 is 4.72 Å². The molecule has 0 spiro atoms. The molecule has 0 saturated carbocycles. The van der Waals surface area contributed by atoms with Crippen LogP contribution in [0.15, 0.2) is 59.6 Å². The van der Waals surface area contributed by atoms with Crippen molar-refractivity contribution < 1.29 is 8.42 Å². The first-order chi connectivity index (χ1) is 11.8. The minimum Gasteiger partial charge on any atom is -0.280 e. The van der Waals surface area contributed by atoms with Gasteiger partial charge in [-0.15, -0.1) is 5.10 Å². The molecule has 0 fully saturated rings. The van der Waals surface area contributed by atoms with E-state index < -0.39 is 10.0 Å². The van der Waals surface area contributed by atoms with E-state index in [4.69, 9.17) is 0 Å². The molecule has 1 aromatic heterocycles. The van der Waals surface area contributed by atoms with Gasteiger partial charge in [0.15, 0.2) is 0 Å². The van der Waals surface area contributed by atoms with Gasteiger partial charge in [0.25, 0.3) is 10.0 Å². The highest BCUT2D eigenvalue weighted by molar-refractivity contribution is 7.92. The fourth-order valence-corrected chi connectivity index (χ4v) is 3.92. The zero-order valence-corrected chi connectivity index (χ0v) is 15.9. The molecule has 0 amide bonds. The van der Waals surface area contributed by atoms with Gasteiger partial charge in [0.05, 0.1) is 16.0 Å². The number of hydrogen-bond donors (Lipinski definition) is 1. The third-order valence-electron chi connectivity index (χ3n) is 3.81. The lowest BCUT2D eigenvalue weighted by molar-refractivity contribution is 0.587. The van der Waals surface area contributed by atoms with E-state index in [1.54, 1.807) is 30.5 Å². The van der Waals surface area contributed by atoms with Crippen LogP contribution in [0.3, 0.4) is 0 Å². The van der Waals surface area contributed by atoms with Crippen molar-refractivity contribution in [2.75, 3.05) is 4.72 Å². The maximum absolute atomic E-state index is 12.5. The minimum atomic E-state index is -3.61. The number of hydrogen-bond acceptors (Lipinski definition) is 5. The highest BCUT2D eigenvalue weighted by Crippen LogP contribution is 2.26. The van der Waals surface area contributed by atoms with Gasteiger partial charge in [0.2, 0.25) is 0 Å². The predicted molar refractivity (Wildman–Crippen MR) is 101 cm³/mol. The van der Waals surface area contributed by atoms with Gasteiger partial charge in [0.1, 0.15) is 0 Å². The number of anilines is 1. The summed E-state index contributed by atoms with van der Waals surface area (Å²) >= 11 is 1.30. The molecule has 1 heterocycles. The van der Waals surface area contributed by atoms with Gasteiger partial charge in [0, 0.05) is 5.69 Å². The van der Waals surface area contributed by atoms with E-state index in [0.29, 0.717) is 5.69 Å². The van der Waals surface area contributed by atoms with Crippen LogP contribution in [0.1, 0.15) is 26.3 Å². The number of nitrogens with one attached hydrogen (secondary N) is 1. The summed E-state index contributed by atoms with van der Waals surface area (Å²) in [5, 5.41) is 3.80. The Hall–Kier alpha value is -2.25. The number of benzene rings is 2. The molecule has 130 valence electrons. The summed E-state index contributed by atoms with van der Waals surface area (Å²) < 4.78 is 31.5. The lowest BCUT2D eigenvalue weighted by atomic mass is 9.87. The maximum atomic E-state index is 12.5. The van der Waals surface area contributed by atoms with E-state index in [9.17, 15) is 8.42 Å². The molecule has 0 aliphatic rings. The van der Waals surface area contributed by atoms with Crippen molar-refractivity contribution in [1.29, 1.82) is 0 Å². The molecule has 3 rings (SSSR count). The van der Waals surface area contributed by atoms with Gasteiger partial charge in [-0.3, -0.25) is 4.72 Å². The highest BCUT2D eigenvalue weighted by Gasteiger charge is 2.17. The predicted octanol–water partition coefficient (Wildman–Crippen LogP) is 4.30. The average molecular weight is 374 g/mol. The first-order valence-electron chi connectivity index (χ1n) is 7.77. The van der Waals surface area contributed by atoms with Crippen LogP contribution in [0.4, 0.5) is 5.69 Å². The van der Waals surface area contributed by atoms with Crippen LogP contribution in [0.5, 0.6) is 0 Å². The van der Waals surface area contributed by atoms with Crippen LogP contribution in [0.25, 0.3) is 10.4 Å². The monoisotopic (exact) mass is 373 g/mol. The Morgan fingerprint density at radius 2 is 1.60 bits per heavy atom. The Morgan fingerprint density at radius 1 is 0.960 bits per heavy atom. The fraction of sp³-hybridized carbons (Fsp3) is 0.222. The molecular formula is C18H19N3O2S2. The van der Waals surface area contributed by atoms with Crippen molar-refractivity contribution in [1.82, 2.24) is 9.59 Å². The Balaban J connectivity index is 1.79. The molecular weight excluding hydrogens is 354 g/mol. The summed E-state index contributed by atoms with van der Waals surface area (Å²) in [6.07, 6.45) is 1.68. The quantitative estimate of drug-likeness (QED) is 0.740. The van der Waals surface area contributed by atoms with E-state index in [1.807, 2.05) is 24.3 Å². The standard InChI is InChI=1S/C18H19N3O2S2/c1-18(2,3)14-6-10-16(11-7-14)25(22,23)20-15-8-4-13(5-9-15)17-12-19-21-24-17/h4-12,20H,1-3H3. The molecule has 0 unspecified atom stereocenters. The topological polar surface area (TPSA) is 72.0 Å². The maximum Gasteiger partial charge on any atom is 0.261 e. The largest absolute Gasteiger partial charge is 0.280 e. The second-order valence-corrected chi connectivity index (χ2v) is 9.21. The van der Waals surface area contributed by atoms with Gasteiger partial charge >= 0.3 is 0 Å². The summed E-state index contributed by atoms with van der Waals surface area (Å²) in [5.41, 5.74) is 2.54. The molecule has 0 saturated heterocycles. The summed E-state index contributed by atoms with van der Waals surface area (Å²) in [4.78, 5) is 1.18. The summed E-state index contributed by atoms with van der Waals surface area (Å²) in [5.74, 6) is 0. The zero-order chi connectivity index (χ0) is 18.1. The first kappa shape index (κ1) is 17.6. The smallest absolute Gasteiger partial charge is 0.261 e. The van der Waals surface area contributed by atoms with Crippen LogP contribution in [0.2, 0.25) is 0 Å². The summed E-state index contributed by atoms with van der Waals surface area (Å²) in [6, 6.07) is 14.1. The van der Waals surface area contributed by atoms with E-state index >= 15 is 0 Å². The molecule has 0 bridgehead atoms. The second kappa shape index (κ2) is 6.57. The third kappa shape index (κ3) is 4.05. The third-order valence-corrected chi connectivity index (χ3v) is 5.92. The number of aromatic nitrogens is 2. The van der Waals surface area contributed by atoms with Gasteiger partial charge in [-0.1, -0.05) is 49.5 Å². The normalized spacial score (nSPS) is 12.1. The molecule has 5 nitrogen and oxygen atoms in total. The number of nitrogens with zero attached hydrogens (tertiary/aromatic N) is 2. The summed E-state index contributed by atoms with van der Waals surface area (Å²) in [7, 11) is -3.61. The van der Waals surface area contributed by atoms with Crippen molar-refractivity contribution in [3.8, 4) is 10.4 Å². The molecule has 25 heavy (non-hydrogen) atoms. The Morgan fingerprint density at radius 3 is 2.12 bits per heavy atom. The van der Waals surface area contributed by atoms with Crippen molar-refractivity contribution in [3.63, 3.8) is 0 Å². The molecule has 2 aromatic carbocycles. The SMILES string of the molecule is CC(C)(C)c1ccc(S(=O)(=O)Nc2ccc(-c3cnns3)cc2)cc1. The van der Waals surface area contributed by atoms with Gasteiger partial charge in [-0.05, 0) is 52.3 Å². The first-order valence-corrected chi connectivity index (χ1v) is 10.0. The highest BCUT2D eigenvalue weighted by atomic mass is 32.2. The molecule has 7 heteroatoms. The van der Waals surface area contributed by atoms with Crippen LogP contribution in [-0.4, -0.2) is 18.0 Å². The molecule has 1 N–H and O–H groups in total. The van der Waals surface area contributed by atoms with E-state index in [-0.39, 0.29) is 10.3 Å². The second-order valence-electron chi connectivity index (χ2n) is 6.74. The van der Waals surface area contributed by atoms with E-state index in [0.717, 1.165) is 16.0 Å². The molecule has 0 aliphatic heterocycles. The molecule has 0 atom stereocenters. The van der Waals surface area contributed by atoms with Crippen molar-refractivity contribution in [2.24, 2.45) is 0 Å². The molecule has 0 radical (unpaired) electrons. The zero-order valence-electron chi connectivity index (χ0n) is 14.2. The van der Waals surface area contributed by atoms with Crippen LogP contribution in [0, 0.1) is 0 Å². The summed E-state index contributed by atoms with van der Waals surface area (Å²) in [6.45, 7) is 6.28. The van der Waals surface area contributed by atoms with E-state index in [2.05, 4.69) is 35.1 Å². The fourth-order valence-electron chi connectivity index (χ4n) is 2.35. The average Bonchev–Trinajstić information content (AvgIpc) is 3.09. The van der Waals surface area contributed by atoms with Crippen molar-refractivity contribution in [3.05, 3.63) is 60.3 Å². The van der Waals surface area contributed by atoms with Gasteiger partial charge < -0.3 is 0 Å². The molecule has 0 aliphatic carbocycles. The van der Waals surface area contributed by atoms with Crippen LogP contribution >= 0.6 is 11.5 Å². The molecule has 3 aromatic rings.